The van der Waals surface area contributed by atoms with E-state index in [0.717, 1.165) is 19.3 Å². The number of ether oxygens (including phenoxy) is 1. The molecule has 0 amide bonds. The van der Waals surface area contributed by atoms with Crippen molar-refractivity contribution in [1.29, 1.82) is 0 Å². The highest BCUT2D eigenvalue weighted by Gasteiger charge is 2.07. The molecule has 0 heterocycles. The summed E-state index contributed by atoms with van der Waals surface area (Å²) < 4.78 is 5.33. The molecule has 0 rings (SSSR count). The molecule has 25 heavy (non-hydrogen) atoms. The van der Waals surface area contributed by atoms with Crippen molar-refractivity contribution in [3.8, 4) is 0 Å². The van der Waals surface area contributed by atoms with Crippen molar-refractivity contribution in [2.45, 2.75) is 123 Å². The molecule has 2 heteroatoms. The maximum atomic E-state index is 11.9. The number of carbonyl (C=O) groups is 1. The predicted octanol–water partition coefficient (Wildman–Crippen LogP) is 7.76. The molecule has 0 aliphatic rings. The lowest BCUT2D eigenvalue weighted by atomic mass is 10.1. The van der Waals surface area contributed by atoms with Crippen molar-refractivity contribution in [2.24, 2.45) is 0 Å². The summed E-state index contributed by atoms with van der Waals surface area (Å²) in [6.07, 6.45) is 21.2. The zero-order valence-electron chi connectivity index (χ0n) is 17.3. The van der Waals surface area contributed by atoms with Crippen molar-refractivity contribution in [2.75, 3.05) is 6.61 Å². The first-order chi connectivity index (χ1) is 12.2. The molecule has 0 saturated carbocycles. The quantitative estimate of drug-likeness (QED) is 0.135. The Kier molecular flexibility index (Phi) is 18.9. The van der Waals surface area contributed by atoms with Gasteiger partial charge in [0.2, 0.25) is 0 Å². The van der Waals surface area contributed by atoms with E-state index in [1.54, 1.807) is 0 Å². The molecule has 2 nitrogen and oxygen atoms in total. The van der Waals surface area contributed by atoms with Crippen molar-refractivity contribution >= 4 is 5.97 Å². The standard InChI is InChI=1S/C23H44O2/c1-4-6-8-10-12-14-16-18-20-22(3)23(24)25-21-19-17-15-13-11-9-7-5-2/h3-21H2,1-2H3. The molecule has 0 N–H and O–H groups in total. The molecule has 0 aliphatic heterocycles. The predicted molar refractivity (Wildman–Crippen MR) is 110 cm³/mol. The second-order valence-electron chi connectivity index (χ2n) is 7.44. The zero-order chi connectivity index (χ0) is 18.6. The van der Waals surface area contributed by atoms with E-state index in [1.807, 2.05) is 0 Å². The van der Waals surface area contributed by atoms with Gasteiger partial charge in [-0.05, 0) is 19.3 Å². The molecule has 0 radical (unpaired) electrons. The monoisotopic (exact) mass is 352 g/mol. The van der Waals surface area contributed by atoms with Gasteiger partial charge in [0.25, 0.3) is 0 Å². The third-order valence-electron chi connectivity index (χ3n) is 4.85. The summed E-state index contributed by atoms with van der Waals surface area (Å²) >= 11 is 0. The molecular formula is C23H44O2. The summed E-state index contributed by atoms with van der Waals surface area (Å²) in [4.78, 5) is 11.9. The molecule has 148 valence electrons. The smallest absolute Gasteiger partial charge is 0.333 e. The van der Waals surface area contributed by atoms with Crippen LogP contribution in [-0.4, -0.2) is 12.6 Å². The van der Waals surface area contributed by atoms with E-state index >= 15 is 0 Å². The Morgan fingerprint density at radius 2 is 1.04 bits per heavy atom. The highest BCUT2D eigenvalue weighted by Crippen LogP contribution is 2.13. The minimum Gasteiger partial charge on any atom is -0.462 e. The summed E-state index contributed by atoms with van der Waals surface area (Å²) in [5.41, 5.74) is 0.658. The van der Waals surface area contributed by atoms with Crippen LogP contribution >= 0.6 is 0 Å². The van der Waals surface area contributed by atoms with Gasteiger partial charge in [-0.3, -0.25) is 0 Å². The molecule has 0 spiro atoms. The fraction of sp³-hybridized carbons (Fsp3) is 0.870. The van der Waals surface area contributed by atoms with Gasteiger partial charge in [-0.15, -0.1) is 0 Å². The van der Waals surface area contributed by atoms with Crippen LogP contribution in [-0.2, 0) is 9.53 Å². The molecule has 0 unspecified atom stereocenters. The molecule has 0 aromatic carbocycles. The molecule has 0 bridgehead atoms. The first kappa shape index (κ1) is 24.2. The van der Waals surface area contributed by atoms with Crippen LogP contribution in [0, 0.1) is 0 Å². The summed E-state index contributed by atoms with van der Waals surface area (Å²) in [5, 5.41) is 0. The Morgan fingerprint density at radius 1 is 0.640 bits per heavy atom. The Bertz CT molecular complexity index is 309. The third-order valence-corrected chi connectivity index (χ3v) is 4.85. The van der Waals surface area contributed by atoms with Gasteiger partial charge < -0.3 is 4.74 Å². The van der Waals surface area contributed by atoms with Gasteiger partial charge in [0.1, 0.15) is 0 Å². The minimum absolute atomic E-state index is 0.175. The van der Waals surface area contributed by atoms with Crippen molar-refractivity contribution in [3.63, 3.8) is 0 Å². The molecule has 0 atom stereocenters. The maximum Gasteiger partial charge on any atom is 0.333 e. The molecule has 0 aliphatic carbocycles. The van der Waals surface area contributed by atoms with Crippen LogP contribution in [0.4, 0.5) is 0 Å². The van der Waals surface area contributed by atoms with Crippen molar-refractivity contribution in [1.82, 2.24) is 0 Å². The average molecular weight is 353 g/mol. The lowest BCUT2D eigenvalue weighted by Crippen LogP contribution is -2.08. The molecule has 0 aromatic rings. The topological polar surface area (TPSA) is 26.3 Å². The van der Waals surface area contributed by atoms with Crippen LogP contribution in [0.25, 0.3) is 0 Å². The first-order valence-corrected chi connectivity index (χ1v) is 11.1. The Balaban J connectivity index is 3.35. The summed E-state index contributed by atoms with van der Waals surface area (Å²) in [5.74, 6) is -0.175. The van der Waals surface area contributed by atoms with Crippen LogP contribution in [0.1, 0.15) is 123 Å². The fourth-order valence-corrected chi connectivity index (χ4v) is 3.08. The van der Waals surface area contributed by atoms with Crippen molar-refractivity contribution < 1.29 is 9.53 Å². The number of carbonyl (C=O) groups excluding carboxylic acids is 1. The van der Waals surface area contributed by atoms with Gasteiger partial charge in [0.15, 0.2) is 0 Å². The van der Waals surface area contributed by atoms with Gasteiger partial charge in [-0.25, -0.2) is 4.79 Å². The van der Waals surface area contributed by atoms with E-state index in [4.69, 9.17) is 4.74 Å². The Hall–Kier alpha value is -0.790. The minimum atomic E-state index is -0.175. The Morgan fingerprint density at radius 3 is 1.52 bits per heavy atom. The highest BCUT2D eigenvalue weighted by molar-refractivity contribution is 5.87. The molecule has 0 aromatic heterocycles. The Labute approximate surface area is 157 Å². The third kappa shape index (κ3) is 17.8. The lowest BCUT2D eigenvalue weighted by Gasteiger charge is -2.07. The normalized spacial score (nSPS) is 10.8. The van der Waals surface area contributed by atoms with Gasteiger partial charge in [0.05, 0.1) is 6.61 Å². The number of esters is 1. The van der Waals surface area contributed by atoms with Gasteiger partial charge >= 0.3 is 5.97 Å². The van der Waals surface area contributed by atoms with Crippen molar-refractivity contribution in [3.05, 3.63) is 12.2 Å². The van der Waals surface area contributed by atoms with E-state index in [1.165, 1.54) is 89.9 Å². The van der Waals surface area contributed by atoms with Crippen LogP contribution in [0.3, 0.4) is 0 Å². The zero-order valence-corrected chi connectivity index (χ0v) is 17.3. The average Bonchev–Trinajstić information content (AvgIpc) is 2.62. The molecule has 0 saturated heterocycles. The fourth-order valence-electron chi connectivity index (χ4n) is 3.08. The number of hydrogen-bond donors (Lipinski definition) is 0. The summed E-state index contributed by atoms with van der Waals surface area (Å²) in [7, 11) is 0. The maximum absolute atomic E-state index is 11.9. The second-order valence-corrected chi connectivity index (χ2v) is 7.44. The van der Waals surface area contributed by atoms with E-state index in [0.29, 0.717) is 12.2 Å². The second kappa shape index (κ2) is 19.5. The SMILES string of the molecule is C=C(CCCCCCCCCC)C(=O)OCCCCCCCCCC. The largest absolute Gasteiger partial charge is 0.462 e. The van der Waals surface area contributed by atoms with E-state index < -0.39 is 0 Å². The van der Waals surface area contributed by atoms with Gasteiger partial charge in [-0.2, -0.15) is 0 Å². The highest BCUT2D eigenvalue weighted by atomic mass is 16.5. The van der Waals surface area contributed by atoms with E-state index in [-0.39, 0.29) is 5.97 Å². The first-order valence-electron chi connectivity index (χ1n) is 11.1. The number of hydrogen-bond acceptors (Lipinski definition) is 2. The van der Waals surface area contributed by atoms with Crippen LogP contribution in [0.5, 0.6) is 0 Å². The summed E-state index contributed by atoms with van der Waals surface area (Å²) in [6, 6.07) is 0. The van der Waals surface area contributed by atoms with Gasteiger partial charge in [-0.1, -0.05) is 110 Å². The van der Waals surface area contributed by atoms with Crippen LogP contribution in [0.2, 0.25) is 0 Å². The number of rotatable bonds is 19. The van der Waals surface area contributed by atoms with E-state index in [2.05, 4.69) is 20.4 Å². The number of unbranched alkanes of at least 4 members (excludes halogenated alkanes) is 14. The van der Waals surface area contributed by atoms with Crippen LogP contribution < -0.4 is 0 Å². The van der Waals surface area contributed by atoms with Crippen LogP contribution in [0.15, 0.2) is 12.2 Å². The summed E-state index contributed by atoms with van der Waals surface area (Å²) in [6.45, 7) is 8.95. The molecular weight excluding hydrogens is 308 g/mol. The van der Waals surface area contributed by atoms with Gasteiger partial charge in [0, 0.05) is 5.57 Å². The molecule has 0 fully saturated rings. The lowest BCUT2D eigenvalue weighted by molar-refractivity contribution is -0.139. The van der Waals surface area contributed by atoms with E-state index in [9.17, 15) is 4.79 Å².